The summed E-state index contributed by atoms with van der Waals surface area (Å²) in [6.45, 7) is 3.20. The van der Waals surface area contributed by atoms with Gasteiger partial charge in [0.15, 0.2) is 0 Å². The van der Waals surface area contributed by atoms with Crippen LogP contribution in [0.2, 0.25) is 0 Å². The third-order valence-corrected chi connectivity index (χ3v) is 8.82. The average molecular weight is 553 g/mol. The Balaban J connectivity index is 1.42. The number of rotatable bonds is 11. The van der Waals surface area contributed by atoms with Gasteiger partial charge in [0.25, 0.3) is 0 Å². The largest absolute Gasteiger partial charge is 0.350 e. The summed E-state index contributed by atoms with van der Waals surface area (Å²) in [6, 6.07) is 15.3. The number of hydrogen-bond acceptors (Lipinski definition) is 5. The summed E-state index contributed by atoms with van der Waals surface area (Å²) >= 11 is 0. The molecule has 0 aliphatic carbocycles. The molecule has 3 aromatic rings. The van der Waals surface area contributed by atoms with Gasteiger partial charge in [0.2, 0.25) is 21.8 Å². The van der Waals surface area contributed by atoms with Gasteiger partial charge in [0.1, 0.15) is 11.9 Å². The number of nitrogens with zero attached hydrogens (tertiary/aromatic N) is 3. The Hall–Kier alpha value is -3.63. The first-order valence-corrected chi connectivity index (χ1v) is 14.5. The third kappa shape index (κ3) is 7.48. The lowest BCUT2D eigenvalue weighted by atomic mass is 10.1. The van der Waals surface area contributed by atoms with E-state index in [1.165, 1.54) is 21.3 Å². The summed E-state index contributed by atoms with van der Waals surface area (Å²) in [5.74, 6) is -0.923. The molecule has 2 aromatic carbocycles. The molecule has 1 N–H and O–H groups in total. The lowest BCUT2D eigenvalue weighted by molar-refractivity contribution is -0.140. The molecule has 0 unspecified atom stereocenters. The summed E-state index contributed by atoms with van der Waals surface area (Å²) in [4.78, 5) is 32.1. The van der Waals surface area contributed by atoms with Crippen LogP contribution >= 0.6 is 0 Å². The van der Waals surface area contributed by atoms with Crippen molar-refractivity contribution in [1.82, 2.24) is 19.5 Å². The molecule has 0 bridgehead atoms. The molecule has 0 radical (unpaired) electrons. The molecule has 10 heteroatoms. The summed E-state index contributed by atoms with van der Waals surface area (Å²) in [5.41, 5.74) is 2.41. The zero-order chi connectivity index (χ0) is 27.8. The van der Waals surface area contributed by atoms with Crippen molar-refractivity contribution in [3.05, 3.63) is 95.6 Å². The fourth-order valence-electron chi connectivity index (χ4n) is 4.51. The maximum absolute atomic E-state index is 13.4. The molecule has 8 nitrogen and oxygen atoms in total. The number of hydrogen-bond donors (Lipinski definition) is 1. The van der Waals surface area contributed by atoms with E-state index in [1.54, 1.807) is 67.8 Å². The predicted molar refractivity (Wildman–Crippen MR) is 145 cm³/mol. The zero-order valence-electron chi connectivity index (χ0n) is 21.9. The van der Waals surface area contributed by atoms with Crippen LogP contribution in [0.25, 0.3) is 0 Å². The van der Waals surface area contributed by atoms with Gasteiger partial charge in [-0.2, -0.15) is 4.31 Å². The molecule has 206 valence electrons. The molecule has 39 heavy (non-hydrogen) atoms. The highest BCUT2D eigenvalue weighted by atomic mass is 32.2. The Kier molecular flexibility index (Phi) is 9.42. The Labute approximate surface area is 228 Å². The standard InChI is InChI=1S/C29H33FN4O4S/c1-22(29(36)32-20-24-14-16-31-17-15-24)34(21-25-4-9-26(30)10-5-25)28(35)13-8-23-6-11-27(12-7-23)39(37,38)33-18-2-3-19-33/h4-7,9-12,14-17,22H,2-3,8,13,18-21H2,1H3,(H,32,36)/t22-/m1/s1. The van der Waals surface area contributed by atoms with Crippen LogP contribution in [-0.4, -0.2) is 53.6 Å². The molecular formula is C29H33FN4O4S. The minimum Gasteiger partial charge on any atom is -0.350 e. The van der Waals surface area contributed by atoms with Gasteiger partial charge < -0.3 is 10.2 Å². The first-order valence-electron chi connectivity index (χ1n) is 13.0. The highest BCUT2D eigenvalue weighted by molar-refractivity contribution is 7.89. The minimum atomic E-state index is -3.50. The highest BCUT2D eigenvalue weighted by Crippen LogP contribution is 2.22. The van der Waals surface area contributed by atoms with Crippen LogP contribution in [0.5, 0.6) is 0 Å². The van der Waals surface area contributed by atoms with Crippen molar-refractivity contribution in [3.8, 4) is 0 Å². The van der Waals surface area contributed by atoms with Crippen molar-refractivity contribution >= 4 is 21.8 Å². The topological polar surface area (TPSA) is 99.7 Å². The molecule has 1 aliphatic rings. The van der Waals surface area contributed by atoms with Crippen molar-refractivity contribution in [2.24, 2.45) is 0 Å². The van der Waals surface area contributed by atoms with Gasteiger partial charge in [0.05, 0.1) is 4.90 Å². The maximum Gasteiger partial charge on any atom is 0.243 e. The molecule has 1 aliphatic heterocycles. The van der Waals surface area contributed by atoms with Crippen LogP contribution in [0.1, 0.15) is 42.9 Å². The van der Waals surface area contributed by atoms with E-state index < -0.39 is 16.1 Å². The second kappa shape index (κ2) is 12.9. The molecule has 4 rings (SSSR count). The van der Waals surface area contributed by atoms with Crippen LogP contribution < -0.4 is 5.32 Å². The number of aromatic nitrogens is 1. The van der Waals surface area contributed by atoms with Gasteiger partial charge in [-0.05, 0) is 79.3 Å². The van der Waals surface area contributed by atoms with Crippen molar-refractivity contribution in [2.75, 3.05) is 13.1 Å². The fourth-order valence-corrected chi connectivity index (χ4v) is 6.02. The molecular weight excluding hydrogens is 519 g/mol. The Morgan fingerprint density at radius 3 is 2.21 bits per heavy atom. The Morgan fingerprint density at radius 1 is 0.949 bits per heavy atom. The molecule has 1 fully saturated rings. The molecule has 0 spiro atoms. The van der Waals surface area contributed by atoms with Crippen molar-refractivity contribution < 1.29 is 22.4 Å². The number of sulfonamides is 1. The Bertz CT molecular complexity index is 1360. The van der Waals surface area contributed by atoms with Crippen LogP contribution in [0.4, 0.5) is 4.39 Å². The number of carbonyl (C=O) groups excluding carboxylic acids is 2. The van der Waals surface area contributed by atoms with Gasteiger partial charge in [-0.3, -0.25) is 14.6 Å². The first-order chi connectivity index (χ1) is 18.7. The summed E-state index contributed by atoms with van der Waals surface area (Å²) in [5, 5.41) is 2.86. The van der Waals surface area contributed by atoms with Crippen LogP contribution in [0.3, 0.4) is 0 Å². The molecule has 1 aromatic heterocycles. The lowest BCUT2D eigenvalue weighted by Crippen LogP contribution is -2.47. The third-order valence-electron chi connectivity index (χ3n) is 6.90. The fraction of sp³-hybridized carbons (Fsp3) is 0.345. The van der Waals surface area contributed by atoms with Gasteiger partial charge in [-0.1, -0.05) is 24.3 Å². The normalized spacial score (nSPS) is 14.6. The van der Waals surface area contributed by atoms with E-state index in [1.807, 2.05) is 0 Å². The van der Waals surface area contributed by atoms with Gasteiger partial charge in [0, 0.05) is 45.0 Å². The second-order valence-electron chi connectivity index (χ2n) is 9.65. The average Bonchev–Trinajstić information content (AvgIpc) is 3.51. The highest BCUT2D eigenvalue weighted by Gasteiger charge is 2.28. The number of benzene rings is 2. The van der Waals surface area contributed by atoms with E-state index in [0.29, 0.717) is 31.6 Å². The summed E-state index contributed by atoms with van der Waals surface area (Å²) < 4.78 is 40.5. The SMILES string of the molecule is C[C@H](C(=O)NCc1ccncc1)N(Cc1ccc(F)cc1)C(=O)CCc1ccc(S(=O)(=O)N2CCCC2)cc1. The maximum atomic E-state index is 13.4. The summed E-state index contributed by atoms with van der Waals surface area (Å²) in [6.07, 6.45) is 5.53. The van der Waals surface area contributed by atoms with E-state index in [0.717, 1.165) is 24.0 Å². The number of pyridine rings is 1. The number of halogens is 1. The quantitative estimate of drug-likeness (QED) is 0.391. The van der Waals surface area contributed by atoms with Crippen molar-refractivity contribution in [1.29, 1.82) is 0 Å². The molecule has 2 heterocycles. The van der Waals surface area contributed by atoms with E-state index in [2.05, 4.69) is 10.3 Å². The second-order valence-corrected chi connectivity index (χ2v) is 11.6. The molecule has 1 saturated heterocycles. The monoisotopic (exact) mass is 552 g/mol. The van der Waals surface area contributed by atoms with E-state index in [4.69, 9.17) is 0 Å². The Morgan fingerprint density at radius 2 is 1.56 bits per heavy atom. The van der Waals surface area contributed by atoms with E-state index >= 15 is 0 Å². The lowest BCUT2D eigenvalue weighted by Gasteiger charge is -2.29. The van der Waals surface area contributed by atoms with E-state index in [9.17, 15) is 22.4 Å². The van der Waals surface area contributed by atoms with Crippen LogP contribution in [-0.2, 0) is 39.1 Å². The first kappa shape index (κ1) is 28.4. The van der Waals surface area contributed by atoms with Crippen molar-refractivity contribution in [3.63, 3.8) is 0 Å². The van der Waals surface area contributed by atoms with Crippen LogP contribution in [0, 0.1) is 5.82 Å². The van der Waals surface area contributed by atoms with Gasteiger partial charge in [-0.15, -0.1) is 0 Å². The number of nitrogens with one attached hydrogen (secondary N) is 1. The number of amides is 2. The summed E-state index contributed by atoms with van der Waals surface area (Å²) in [7, 11) is -3.50. The van der Waals surface area contributed by atoms with Crippen molar-refractivity contribution in [2.45, 2.75) is 56.6 Å². The number of aryl methyl sites for hydroxylation is 1. The minimum absolute atomic E-state index is 0.126. The van der Waals surface area contributed by atoms with Crippen LogP contribution in [0.15, 0.2) is 78.0 Å². The zero-order valence-corrected chi connectivity index (χ0v) is 22.7. The smallest absolute Gasteiger partial charge is 0.243 e. The van der Waals surface area contributed by atoms with Gasteiger partial charge in [-0.25, -0.2) is 12.8 Å². The predicted octanol–water partition coefficient (Wildman–Crippen LogP) is 3.67. The van der Waals surface area contributed by atoms with Gasteiger partial charge >= 0.3 is 0 Å². The molecule has 0 saturated carbocycles. The number of carbonyl (C=O) groups is 2. The molecule has 1 atom stereocenters. The molecule has 2 amide bonds. The van der Waals surface area contributed by atoms with E-state index in [-0.39, 0.29) is 35.5 Å².